The smallest absolute Gasteiger partial charge is 0.241 e. The lowest BCUT2D eigenvalue weighted by Gasteiger charge is -2.11. The number of aromatic amines is 1. The van der Waals surface area contributed by atoms with Crippen LogP contribution in [-0.2, 0) is 6.61 Å². The topological polar surface area (TPSA) is 50.8 Å². The minimum Gasteiger partial charge on any atom is -0.471 e. The summed E-state index contributed by atoms with van der Waals surface area (Å²) in [6, 6.07) is 6.27. The van der Waals surface area contributed by atoms with Gasteiger partial charge in [0.2, 0.25) is 5.88 Å². The number of hydrogen-bond acceptors (Lipinski definition) is 3. The Morgan fingerprint density at radius 2 is 1.76 bits per heavy atom. The van der Waals surface area contributed by atoms with Crippen LogP contribution in [0.2, 0.25) is 0 Å². The number of rotatable bonds is 3. The second kappa shape index (κ2) is 5.20. The van der Waals surface area contributed by atoms with Gasteiger partial charge < -0.3 is 9.72 Å². The molecule has 0 aliphatic carbocycles. The van der Waals surface area contributed by atoms with Crippen LogP contribution in [0.3, 0.4) is 0 Å². The predicted molar refractivity (Wildman–Crippen MR) is 83.6 cm³/mol. The van der Waals surface area contributed by atoms with Gasteiger partial charge in [-0.25, -0.2) is 4.98 Å². The number of hydrogen-bond donors (Lipinski definition) is 1. The van der Waals surface area contributed by atoms with Gasteiger partial charge in [0.25, 0.3) is 0 Å². The predicted octanol–water partition coefficient (Wildman–Crippen LogP) is 3.77. The Labute approximate surface area is 124 Å². The van der Waals surface area contributed by atoms with E-state index in [1.165, 1.54) is 16.7 Å². The monoisotopic (exact) mass is 281 g/mol. The number of aromatic nitrogens is 3. The first-order chi connectivity index (χ1) is 10.1. The number of nitrogens with one attached hydrogen (secondary N) is 1. The van der Waals surface area contributed by atoms with Crippen LogP contribution in [0.25, 0.3) is 11.0 Å². The molecule has 0 unspecified atom stereocenters. The van der Waals surface area contributed by atoms with Crippen LogP contribution in [0.4, 0.5) is 0 Å². The molecule has 0 radical (unpaired) electrons. The second-order valence-corrected chi connectivity index (χ2v) is 5.44. The van der Waals surface area contributed by atoms with Gasteiger partial charge >= 0.3 is 0 Å². The molecule has 0 fully saturated rings. The van der Waals surface area contributed by atoms with E-state index >= 15 is 0 Å². The van der Waals surface area contributed by atoms with Crippen LogP contribution in [0, 0.1) is 27.7 Å². The number of benzene rings is 1. The molecule has 4 nitrogen and oxygen atoms in total. The molecule has 0 saturated carbocycles. The highest BCUT2D eigenvalue weighted by atomic mass is 16.5. The average Bonchev–Trinajstić information content (AvgIpc) is 2.75. The number of H-pyrrole nitrogens is 1. The zero-order valence-corrected chi connectivity index (χ0v) is 12.8. The quantitative estimate of drug-likeness (QED) is 0.795. The Hall–Kier alpha value is -2.36. The lowest BCUT2D eigenvalue weighted by atomic mass is 10.0. The first-order valence-corrected chi connectivity index (χ1v) is 7.05. The highest BCUT2D eigenvalue weighted by Gasteiger charge is 2.12. The molecule has 0 aliphatic rings. The third-order valence-corrected chi connectivity index (χ3v) is 4.04. The highest BCUT2D eigenvalue weighted by Crippen LogP contribution is 2.26. The maximum Gasteiger partial charge on any atom is 0.241 e. The lowest BCUT2D eigenvalue weighted by molar-refractivity contribution is 0.295. The van der Waals surface area contributed by atoms with E-state index in [1.54, 1.807) is 6.33 Å². The van der Waals surface area contributed by atoms with E-state index in [1.807, 2.05) is 6.92 Å². The summed E-state index contributed by atoms with van der Waals surface area (Å²) in [6.07, 6.45) is 1.56. The van der Waals surface area contributed by atoms with E-state index in [0.717, 1.165) is 22.3 Å². The average molecular weight is 281 g/mol. The van der Waals surface area contributed by atoms with Gasteiger partial charge in [0, 0.05) is 5.69 Å². The fourth-order valence-electron chi connectivity index (χ4n) is 2.55. The summed E-state index contributed by atoms with van der Waals surface area (Å²) in [4.78, 5) is 11.9. The van der Waals surface area contributed by atoms with Crippen molar-refractivity contribution in [2.45, 2.75) is 34.3 Å². The summed E-state index contributed by atoms with van der Waals surface area (Å²) in [6.45, 7) is 8.80. The molecule has 2 heterocycles. The summed E-state index contributed by atoms with van der Waals surface area (Å²) in [7, 11) is 0. The molecule has 1 N–H and O–H groups in total. The molecular formula is C17H19N3O. The van der Waals surface area contributed by atoms with E-state index in [-0.39, 0.29) is 0 Å². The van der Waals surface area contributed by atoms with Gasteiger partial charge in [-0.1, -0.05) is 18.2 Å². The van der Waals surface area contributed by atoms with E-state index in [4.69, 9.17) is 4.74 Å². The SMILES string of the molecule is Cc1cccc(C)c1COc1ncnc2c(C)c(C)[nH]c12. The van der Waals surface area contributed by atoms with Gasteiger partial charge in [0.05, 0.1) is 5.52 Å². The molecule has 0 bridgehead atoms. The summed E-state index contributed by atoms with van der Waals surface area (Å²) < 4.78 is 5.95. The van der Waals surface area contributed by atoms with E-state index in [0.29, 0.717) is 12.5 Å². The summed E-state index contributed by atoms with van der Waals surface area (Å²) in [5.41, 5.74) is 7.73. The molecule has 1 aromatic carbocycles. The van der Waals surface area contributed by atoms with Gasteiger partial charge in [0.1, 0.15) is 18.5 Å². The molecule has 108 valence electrons. The molecule has 4 heteroatoms. The van der Waals surface area contributed by atoms with Gasteiger partial charge in [-0.15, -0.1) is 0 Å². The molecule has 0 atom stereocenters. The Morgan fingerprint density at radius 3 is 2.48 bits per heavy atom. The number of nitrogens with zero attached hydrogens (tertiary/aromatic N) is 2. The normalized spacial score (nSPS) is 11.0. The van der Waals surface area contributed by atoms with Gasteiger partial charge in [-0.2, -0.15) is 4.98 Å². The molecule has 21 heavy (non-hydrogen) atoms. The van der Waals surface area contributed by atoms with Gasteiger partial charge in [-0.3, -0.25) is 0 Å². The van der Waals surface area contributed by atoms with Crippen molar-refractivity contribution in [3.8, 4) is 5.88 Å². The van der Waals surface area contributed by atoms with Crippen molar-refractivity contribution in [2.24, 2.45) is 0 Å². The highest BCUT2D eigenvalue weighted by molar-refractivity contribution is 5.84. The maximum absolute atomic E-state index is 5.95. The second-order valence-electron chi connectivity index (χ2n) is 5.44. The van der Waals surface area contributed by atoms with Crippen molar-refractivity contribution in [1.82, 2.24) is 15.0 Å². The van der Waals surface area contributed by atoms with E-state index in [2.05, 4.69) is 53.9 Å². The molecule has 3 rings (SSSR count). The van der Waals surface area contributed by atoms with Crippen LogP contribution in [0.15, 0.2) is 24.5 Å². The minimum absolute atomic E-state index is 0.516. The van der Waals surface area contributed by atoms with Crippen LogP contribution >= 0.6 is 0 Å². The first kappa shape index (κ1) is 13.6. The summed E-state index contributed by atoms with van der Waals surface area (Å²) in [5, 5.41) is 0. The molecular weight excluding hydrogens is 262 g/mol. The van der Waals surface area contributed by atoms with Crippen LogP contribution in [-0.4, -0.2) is 15.0 Å². The van der Waals surface area contributed by atoms with E-state index < -0.39 is 0 Å². The Kier molecular flexibility index (Phi) is 3.37. The molecule has 0 amide bonds. The standard InChI is InChI=1S/C17H19N3O/c1-10-6-5-7-11(2)14(10)8-21-17-16-15(18-9-19-17)12(3)13(4)20-16/h5-7,9,20H,8H2,1-4H3. The van der Waals surface area contributed by atoms with Crippen molar-refractivity contribution in [3.63, 3.8) is 0 Å². The third-order valence-electron chi connectivity index (χ3n) is 4.04. The fraction of sp³-hybridized carbons (Fsp3) is 0.294. The molecule has 0 saturated heterocycles. The third kappa shape index (κ3) is 2.37. The van der Waals surface area contributed by atoms with Crippen molar-refractivity contribution < 1.29 is 4.74 Å². The first-order valence-electron chi connectivity index (χ1n) is 7.05. The maximum atomic E-state index is 5.95. The van der Waals surface area contributed by atoms with Gasteiger partial charge in [-0.05, 0) is 49.9 Å². The van der Waals surface area contributed by atoms with Gasteiger partial charge in [0.15, 0.2) is 0 Å². The van der Waals surface area contributed by atoms with Crippen molar-refractivity contribution in [2.75, 3.05) is 0 Å². The molecule has 3 aromatic rings. The Balaban J connectivity index is 1.94. The zero-order valence-electron chi connectivity index (χ0n) is 12.8. The van der Waals surface area contributed by atoms with Crippen LogP contribution in [0.1, 0.15) is 27.9 Å². The molecule has 2 aromatic heterocycles. The van der Waals surface area contributed by atoms with E-state index in [9.17, 15) is 0 Å². The number of fused-ring (bicyclic) bond motifs is 1. The minimum atomic E-state index is 0.516. The molecule has 0 aliphatic heterocycles. The Morgan fingerprint density at radius 1 is 1.05 bits per heavy atom. The zero-order chi connectivity index (χ0) is 15.0. The number of ether oxygens (including phenoxy) is 1. The number of aryl methyl sites for hydroxylation is 4. The molecule has 0 spiro atoms. The lowest BCUT2D eigenvalue weighted by Crippen LogP contribution is -2.02. The Bertz CT molecular complexity index is 785. The van der Waals surface area contributed by atoms with Crippen LogP contribution < -0.4 is 4.74 Å². The summed E-state index contributed by atoms with van der Waals surface area (Å²) in [5.74, 6) is 0.610. The fourth-order valence-corrected chi connectivity index (χ4v) is 2.55. The van der Waals surface area contributed by atoms with Crippen molar-refractivity contribution >= 4 is 11.0 Å². The van der Waals surface area contributed by atoms with Crippen LogP contribution in [0.5, 0.6) is 5.88 Å². The summed E-state index contributed by atoms with van der Waals surface area (Å²) >= 11 is 0. The largest absolute Gasteiger partial charge is 0.471 e. The van der Waals surface area contributed by atoms with Crippen molar-refractivity contribution in [1.29, 1.82) is 0 Å². The van der Waals surface area contributed by atoms with Crippen molar-refractivity contribution in [3.05, 3.63) is 52.5 Å².